The number of aromatic nitrogens is 5. The Bertz CT molecular complexity index is 1060. The molecule has 0 saturated heterocycles. The number of hydrogen-bond donors (Lipinski definition) is 4. The highest BCUT2D eigenvalue weighted by atomic mass is 16.3. The van der Waals surface area contributed by atoms with Crippen LogP contribution in [0.4, 0.5) is 5.82 Å². The molecule has 178 valence electrons. The smallest absolute Gasteiger partial charge is 0.127 e. The number of phenols is 1. The Hall–Kier alpha value is -3.39. The summed E-state index contributed by atoms with van der Waals surface area (Å²) >= 11 is 0. The van der Waals surface area contributed by atoms with Gasteiger partial charge in [0.15, 0.2) is 0 Å². The van der Waals surface area contributed by atoms with E-state index in [9.17, 15) is 0 Å². The van der Waals surface area contributed by atoms with Crippen LogP contribution in [0, 0.1) is 0 Å². The van der Waals surface area contributed by atoms with Gasteiger partial charge < -0.3 is 15.5 Å². The fourth-order valence-electron chi connectivity index (χ4n) is 3.32. The number of hydrogen-bond acceptors (Lipinski definition) is 6. The lowest BCUT2D eigenvalue weighted by Crippen LogP contribution is -2.09. The van der Waals surface area contributed by atoms with E-state index in [4.69, 9.17) is 10.2 Å². The lowest BCUT2D eigenvalue weighted by atomic mass is 9.98. The van der Waals surface area contributed by atoms with E-state index in [0.717, 1.165) is 40.8 Å². The van der Waals surface area contributed by atoms with Crippen molar-refractivity contribution in [1.29, 1.82) is 0 Å². The summed E-state index contributed by atoms with van der Waals surface area (Å²) in [5.41, 5.74) is 2.82. The lowest BCUT2D eigenvalue weighted by molar-refractivity contribution is 0.130. The van der Waals surface area contributed by atoms with Crippen molar-refractivity contribution in [2.45, 2.75) is 52.1 Å². The molecule has 0 spiro atoms. The molecular formula is C25H36N6O2. The summed E-state index contributed by atoms with van der Waals surface area (Å²) in [7, 11) is 3.72. The van der Waals surface area contributed by atoms with Gasteiger partial charge in [0.2, 0.25) is 0 Å². The van der Waals surface area contributed by atoms with Crippen LogP contribution in [0.25, 0.3) is 22.2 Å². The van der Waals surface area contributed by atoms with Crippen molar-refractivity contribution in [3.05, 3.63) is 55.0 Å². The molecule has 1 aliphatic rings. The average molecular weight is 453 g/mol. The first-order valence-electron chi connectivity index (χ1n) is 11.5. The van der Waals surface area contributed by atoms with Gasteiger partial charge >= 0.3 is 0 Å². The first-order valence-corrected chi connectivity index (χ1v) is 11.5. The fraction of sp³-hybridized carbons (Fsp3) is 0.400. The van der Waals surface area contributed by atoms with Gasteiger partial charge in [0, 0.05) is 43.5 Å². The lowest BCUT2D eigenvalue weighted by Gasteiger charge is -2.14. The zero-order valence-corrected chi connectivity index (χ0v) is 20.0. The Kier molecular flexibility index (Phi) is 10.9. The second-order valence-corrected chi connectivity index (χ2v) is 7.47. The van der Waals surface area contributed by atoms with Gasteiger partial charge in [0.1, 0.15) is 17.3 Å². The van der Waals surface area contributed by atoms with Crippen molar-refractivity contribution in [3.63, 3.8) is 0 Å². The van der Waals surface area contributed by atoms with Gasteiger partial charge in [-0.1, -0.05) is 51.3 Å². The van der Waals surface area contributed by atoms with Crippen LogP contribution in [0.1, 0.15) is 46.0 Å². The van der Waals surface area contributed by atoms with Crippen LogP contribution in [0.2, 0.25) is 0 Å². The van der Waals surface area contributed by atoms with E-state index in [2.05, 4.69) is 25.6 Å². The number of aromatic hydroxyl groups is 1. The standard InChI is InChI=1S/C11H12N6.C6H12O.C6H6O.C2H6/c1-12-10-3-9-8(5-13-10)11(16-15-9)7-4-14-17(2)6-7;2*7-6-4-2-1-3-5-6;1-2/h3-6H,1-2H3,(H,12,13)(H,15,16);6-7H,1-5H2;1-5,7H;1-2H3. The number of aliphatic hydroxyl groups excluding tert-OH is 1. The molecule has 0 unspecified atom stereocenters. The molecule has 1 aromatic carbocycles. The number of rotatable bonds is 2. The van der Waals surface area contributed by atoms with Gasteiger partial charge in [0.25, 0.3) is 0 Å². The van der Waals surface area contributed by atoms with E-state index in [1.54, 1.807) is 35.1 Å². The van der Waals surface area contributed by atoms with Gasteiger partial charge in [-0.2, -0.15) is 10.2 Å². The number of para-hydroxylation sites is 1. The summed E-state index contributed by atoms with van der Waals surface area (Å²) < 4.78 is 1.76. The van der Waals surface area contributed by atoms with Gasteiger partial charge in [-0.15, -0.1) is 0 Å². The van der Waals surface area contributed by atoms with Crippen LogP contribution in [-0.2, 0) is 7.05 Å². The van der Waals surface area contributed by atoms with Crippen LogP contribution in [0.3, 0.4) is 0 Å². The molecule has 5 rings (SSSR count). The number of benzene rings is 1. The molecule has 0 bridgehead atoms. The van der Waals surface area contributed by atoms with Crippen molar-refractivity contribution in [2.24, 2.45) is 7.05 Å². The summed E-state index contributed by atoms with van der Waals surface area (Å²) in [6.07, 6.45) is 11.5. The molecule has 33 heavy (non-hydrogen) atoms. The first kappa shape index (κ1) is 25.9. The van der Waals surface area contributed by atoms with E-state index in [1.807, 2.05) is 52.5 Å². The number of pyridine rings is 1. The fourth-order valence-corrected chi connectivity index (χ4v) is 3.32. The van der Waals surface area contributed by atoms with Gasteiger partial charge in [-0.25, -0.2) is 4.98 Å². The Morgan fingerprint density at radius 1 is 1.06 bits per heavy atom. The van der Waals surface area contributed by atoms with Gasteiger partial charge in [-0.05, 0) is 25.0 Å². The number of aromatic amines is 1. The number of phenolic OH excluding ortho intramolecular Hbond substituents is 1. The van der Waals surface area contributed by atoms with Crippen molar-refractivity contribution in [3.8, 4) is 17.0 Å². The average Bonchev–Trinajstić information content (AvgIpc) is 3.47. The molecule has 1 aliphatic carbocycles. The summed E-state index contributed by atoms with van der Waals surface area (Å²) in [5.74, 6) is 1.14. The number of anilines is 1. The third kappa shape index (κ3) is 8.23. The van der Waals surface area contributed by atoms with Crippen LogP contribution in [0.5, 0.6) is 5.75 Å². The molecule has 1 saturated carbocycles. The van der Waals surface area contributed by atoms with Gasteiger partial charge in [-0.3, -0.25) is 9.78 Å². The number of nitrogens with one attached hydrogen (secondary N) is 2. The highest BCUT2D eigenvalue weighted by Crippen LogP contribution is 2.26. The van der Waals surface area contributed by atoms with Crippen molar-refractivity contribution < 1.29 is 10.2 Å². The Labute approximate surface area is 195 Å². The zero-order valence-electron chi connectivity index (χ0n) is 20.0. The SMILES string of the molecule is CC.CNc1cc2[nH]nc(-c3cnn(C)c3)c2cn1.OC1CCCCC1.Oc1ccccc1. The Balaban J connectivity index is 0.000000199. The summed E-state index contributed by atoms with van der Waals surface area (Å²) in [4.78, 5) is 4.29. The van der Waals surface area contributed by atoms with Crippen molar-refractivity contribution in [2.75, 3.05) is 12.4 Å². The summed E-state index contributed by atoms with van der Waals surface area (Å²) in [5, 5.41) is 33.0. The van der Waals surface area contributed by atoms with Crippen LogP contribution >= 0.6 is 0 Å². The molecule has 1 fully saturated rings. The summed E-state index contributed by atoms with van der Waals surface area (Å²) in [6, 6.07) is 10.6. The van der Waals surface area contributed by atoms with Crippen LogP contribution < -0.4 is 5.32 Å². The first-order chi connectivity index (χ1) is 16.1. The maximum atomic E-state index is 8.91. The molecule has 3 aromatic heterocycles. The quantitative estimate of drug-likeness (QED) is 0.335. The second kappa shape index (κ2) is 13.9. The molecule has 0 radical (unpaired) electrons. The molecule has 0 atom stereocenters. The topological polar surface area (TPSA) is 112 Å². The maximum Gasteiger partial charge on any atom is 0.127 e. The highest BCUT2D eigenvalue weighted by molar-refractivity contribution is 5.93. The van der Waals surface area contributed by atoms with E-state index < -0.39 is 0 Å². The van der Waals surface area contributed by atoms with Crippen LogP contribution in [0.15, 0.2) is 55.0 Å². The van der Waals surface area contributed by atoms with E-state index >= 15 is 0 Å². The number of nitrogens with zero attached hydrogens (tertiary/aromatic N) is 4. The Morgan fingerprint density at radius 2 is 1.76 bits per heavy atom. The highest BCUT2D eigenvalue weighted by Gasteiger charge is 2.10. The molecule has 0 amide bonds. The molecule has 8 heteroatoms. The largest absolute Gasteiger partial charge is 0.508 e. The van der Waals surface area contributed by atoms with E-state index in [0.29, 0.717) is 5.75 Å². The molecule has 3 heterocycles. The second-order valence-electron chi connectivity index (χ2n) is 7.47. The van der Waals surface area contributed by atoms with Crippen molar-refractivity contribution >= 4 is 16.7 Å². The number of aliphatic hydroxyl groups is 1. The van der Waals surface area contributed by atoms with E-state index in [-0.39, 0.29) is 6.10 Å². The number of aryl methyl sites for hydroxylation is 1. The summed E-state index contributed by atoms with van der Waals surface area (Å²) in [6.45, 7) is 4.00. The normalized spacial score (nSPS) is 13.0. The molecule has 4 N–H and O–H groups in total. The Morgan fingerprint density at radius 3 is 2.24 bits per heavy atom. The maximum absolute atomic E-state index is 8.91. The monoisotopic (exact) mass is 452 g/mol. The minimum atomic E-state index is 0.0359. The minimum Gasteiger partial charge on any atom is -0.508 e. The predicted molar refractivity (Wildman–Crippen MR) is 134 cm³/mol. The van der Waals surface area contributed by atoms with Crippen molar-refractivity contribution in [1.82, 2.24) is 25.0 Å². The molecule has 4 aromatic rings. The van der Waals surface area contributed by atoms with Gasteiger partial charge in [0.05, 0.1) is 17.8 Å². The minimum absolute atomic E-state index is 0.0359. The molecular weight excluding hydrogens is 416 g/mol. The third-order valence-corrected chi connectivity index (χ3v) is 5.01. The molecule has 0 aliphatic heterocycles. The van der Waals surface area contributed by atoms with E-state index in [1.165, 1.54) is 19.3 Å². The number of H-pyrrole nitrogens is 1. The van der Waals surface area contributed by atoms with Crippen LogP contribution in [-0.4, -0.2) is 48.3 Å². The zero-order chi connectivity index (χ0) is 24.1. The third-order valence-electron chi connectivity index (χ3n) is 5.01. The predicted octanol–water partition coefficient (Wildman–Crippen LogP) is 5.13. The molecule has 8 nitrogen and oxygen atoms in total. The number of fused-ring (bicyclic) bond motifs is 1.